The maximum atomic E-state index is 12.0. The van der Waals surface area contributed by atoms with Gasteiger partial charge in [-0.1, -0.05) is 6.92 Å². The molecule has 1 aromatic rings. The van der Waals surface area contributed by atoms with E-state index in [1.807, 2.05) is 6.92 Å². The molecule has 1 aromatic heterocycles. The first-order valence-electron chi connectivity index (χ1n) is 5.32. The molecule has 0 atom stereocenters. The van der Waals surface area contributed by atoms with E-state index in [1.54, 1.807) is 12.2 Å². The Morgan fingerprint density at radius 3 is 2.67 bits per heavy atom. The van der Waals surface area contributed by atoms with Gasteiger partial charge in [-0.15, -0.1) is 0 Å². The number of pyridine rings is 1. The van der Waals surface area contributed by atoms with E-state index in [0.717, 1.165) is 12.6 Å². The summed E-state index contributed by atoms with van der Waals surface area (Å²) in [6.45, 7) is 4.04. The first-order valence-corrected chi connectivity index (χ1v) is 5.32. The molecular weight excluding hydrogens is 249 g/mol. The van der Waals surface area contributed by atoms with Gasteiger partial charge in [0.05, 0.1) is 18.5 Å². The number of nitrogens with zero attached hydrogens (tertiary/aromatic N) is 1. The minimum Gasteiger partial charge on any atom is -0.477 e. The highest BCUT2D eigenvalue weighted by Crippen LogP contribution is 2.21. The molecule has 0 radical (unpaired) electrons. The zero-order valence-electron chi connectivity index (χ0n) is 9.97. The van der Waals surface area contributed by atoms with E-state index in [4.69, 9.17) is 4.74 Å². The molecule has 18 heavy (non-hydrogen) atoms. The molecule has 0 saturated heterocycles. The summed E-state index contributed by atoms with van der Waals surface area (Å²) in [5.41, 5.74) is 0.544. The van der Waals surface area contributed by atoms with Crippen molar-refractivity contribution < 1.29 is 22.7 Å². The number of hydrogen-bond donors (Lipinski definition) is 1. The van der Waals surface area contributed by atoms with Crippen LogP contribution in [0, 0.1) is 6.92 Å². The first-order chi connectivity index (χ1) is 8.34. The van der Waals surface area contributed by atoms with Crippen LogP contribution in [0.5, 0.6) is 5.88 Å². The molecule has 1 heterocycles. The van der Waals surface area contributed by atoms with E-state index in [9.17, 15) is 18.0 Å². The van der Waals surface area contributed by atoms with Crippen molar-refractivity contribution in [2.45, 2.75) is 26.4 Å². The van der Waals surface area contributed by atoms with Crippen molar-refractivity contribution in [1.29, 1.82) is 0 Å². The van der Waals surface area contributed by atoms with Gasteiger partial charge in [0, 0.05) is 5.56 Å². The Balaban J connectivity index is 2.75. The van der Waals surface area contributed by atoms with Crippen molar-refractivity contribution in [3.8, 4) is 5.88 Å². The average Bonchev–Trinajstić information content (AvgIpc) is 2.26. The highest BCUT2D eigenvalue weighted by molar-refractivity contribution is 5.94. The van der Waals surface area contributed by atoms with Crippen LogP contribution in [0.3, 0.4) is 0 Å². The number of nitrogens with one attached hydrogen (secondary N) is 1. The minimum atomic E-state index is -4.91. The fraction of sp³-hybridized carbons (Fsp3) is 0.455. The van der Waals surface area contributed by atoms with E-state index in [0.29, 0.717) is 18.1 Å². The Hall–Kier alpha value is -1.79. The van der Waals surface area contributed by atoms with Crippen LogP contribution in [0.1, 0.15) is 18.9 Å². The molecule has 0 bridgehead atoms. The summed E-state index contributed by atoms with van der Waals surface area (Å²) in [4.78, 5) is 14.6. The molecule has 0 saturated carbocycles. The predicted molar refractivity (Wildman–Crippen MR) is 59.4 cm³/mol. The third kappa shape index (κ3) is 3.90. The van der Waals surface area contributed by atoms with Gasteiger partial charge in [0.2, 0.25) is 5.88 Å². The van der Waals surface area contributed by atoms with Crippen LogP contribution in [-0.4, -0.2) is 23.7 Å². The van der Waals surface area contributed by atoms with Crippen LogP contribution in [0.4, 0.5) is 18.9 Å². The van der Waals surface area contributed by atoms with Crippen molar-refractivity contribution in [2.24, 2.45) is 0 Å². The molecule has 100 valence electrons. The fourth-order valence-corrected chi connectivity index (χ4v) is 1.18. The summed E-state index contributed by atoms with van der Waals surface area (Å²) >= 11 is 0. The highest BCUT2D eigenvalue weighted by Gasteiger charge is 2.38. The summed E-state index contributed by atoms with van der Waals surface area (Å²) in [7, 11) is 0. The standard InChI is InChI=1S/C11H13F3N2O2/c1-3-4-18-9-7(2)5-8(6-15-9)16-10(17)11(12,13)14/h5-6H,3-4H2,1-2H3,(H,16,17). The lowest BCUT2D eigenvalue weighted by Gasteiger charge is -2.10. The summed E-state index contributed by atoms with van der Waals surface area (Å²) < 4.78 is 41.3. The van der Waals surface area contributed by atoms with Gasteiger partial charge in [-0.3, -0.25) is 4.79 Å². The van der Waals surface area contributed by atoms with Crippen LogP contribution in [0.15, 0.2) is 12.3 Å². The van der Waals surface area contributed by atoms with E-state index < -0.39 is 12.1 Å². The number of carbonyl (C=O) groups is 1. The monoisotopic (exact) mass is 262 g/mol. The predicted octanol–water partition coefficient (Wildman–Crippen LogP) is 2.68. The summed E-state index contributed by atoms with van der Waals surface area (Å²) in [6, 6.07) is 1.38. The number of anilines is 1. The van der Waals surface area contributed by atoms with Crippen molar-refractivity contribution >= 4 is 11.6 Å². The lowest BCUT2D eigenvalue weighted by molar-refractivity contribution is -0.167. The van der Waals surface area contributed by atoms with E-state index >= 15 is 0 Å². The summed E-state index contributed by atoms with van der Waals surface area (Å²) in [5.74, 6) is -1.67. The first kappa shape index (κ1) is 14.3. The van der Waals surface area contributed by atoms with Gasteiger partial charge in [0.15, 0.2) is 0 Å². The van der Waals surface area contributed by atoms with Gasteiger partial charge < -0.3 is 10.1 Å². The molecular formula is C11H13F3N2O2. The SMILES string of the molecule is CCCOc1ncc(NC(=O)C(F)(F)F)cc1C. The highest BCUT2D eigenvalue weighted by atomic mass is 19.4. The number of halogens is 3. The third-order valence-electron chi connectivity index (χ3n) is 1.99. The van der Waals surface area contributed by atoms with Crippen molar-refractivity contribution in [1.82, 2.24) is 4.98 Å². The van der Waals surface area contributed by atoms with Crippen molar-refractivity contribution in [3.05, 3.63) is 17.8 Å². The number of aromatic nitrogens is 1. The fourth-order valence-electron chi connectivity index (χ4n) is 1.18. The second kappa shape index (κ2) is 5.70. The average molecular weight is 262 g/mol. The number of hydrogen-bond acceptors (Lipinski definition) is 3. The second-order valence-electron chi connectivity index (χ2n) is 3.65. The van der Waals surface area contributed by atoms with Gasteiger partial charge >= 0.3 is 12.1 Å². The quantitative estimate of drug-likeness (QED) is 0.907. The molecule has 0 aliphatic heterocycles. The van der Waals surface area contributed by atoms with Crippen LogP contribution >= 0.6 is 0 Å². The van der Waals surface area contributed by atoms with Gasteiger partial charge in [-0.05, 0) is 19.4 Å². The molecule has 4 nitrogen and oxygen atoms in total. The topological polar surface area (TPSA) is 51.2 Å². The largest absolute Gasteiger partial charge is 0.477 e. The van der Waals surface area contributed by atoms with Crippen LogP contribution in [-0.2, 0) is 4.79 Å². The Labute approximate surface area is 102 Å². The molecule has 0 unspecified atom stereocenters. The molecule has 0 aliphatic carbocycles. The molecule has 0 aromatic carbocycles. The zero-order valence-corrected chi connectivity index (χ0v) is 9.97. The maximum Gasteiger partial charge on any atom is 0.471 e. The Bertz CT molecular complexity index is 433. The van der Waals surface area contributed by atoms with Gasteiger partial charge in [-0.2, -0.15) is 13.2 Å². The lowest BCUT2D eigenvalue weighted by atomic mass is 10.3. The van der Waals surface area contributed by atoms with Crippen LogP contribution in [0.25, 0.3) is 0 Å². The number of alkyl halides is 3. The summed E-state index contributed by atoms with van der Waals surface area (Å²) in [5, 5.41) is 1.72. The Kier molecular flexibility index (Phi) is 4.52. The summed E-state index contributed by atoms with van der Waals surface area (Å²) in [6.07, 6.45) is -2.99. The lowest BCUT2D eigenvalue weighted by Crippen LogP contribution is -2.30. The third-order valence-corrected chi connectivity index (χ3v) is 1.99. The second-order valence-corrected chi connectivity index (χ2v) is 3.65. The van der Waals surface area contributed by atoms with Gasteiger partial charge in [0.25, 0.3) is 0 Å². The number of aryl methyl sites for hydroxylation is 1. The zero-order chi connectivity index (χ0) is 13.8. The molecule has 0 aliphatic rings. The molecule has 7 heteroatoms. The molecule has 0 fully saturated rings. The Morgan fingerprint density at radius 1 is 1.50 bits per heavy atom. The minimum absolute atomic E-state index is 0.0151. The number of amides is 1. The number of rotatable bonds is 4. The van der Waals surface area contributed by atoms with Crippen molar-refractivity contribution in [2.75, 3.05) is 11.9 Å². The number of carbonyl (C=O) groups excluding carboxylic acids is 1. The molecule has 1 rings (SSSR count). The number of ether oxygens (including phenoxy) is 1. The molecule has 0 spiro atoms. The van der Waals surface area contributed by atoms with E-state index in [1.165, 1.54) is 6.07 Å². The van der Waals surface area contributed by atoms with E-state index in [2.05, 4.69) is 4.98 Å². The molecule has 1 amide bonds. The maximum absolute atomic E-state index is 12.0. The van der Waals surface area contributed by atoms with Gasteiger partial charge in [-0.25, -0.2) is 4.98 Å². The van der Waals surface area contributed by atoms with Crippen LogP contribution in [0.2, 0.25) is 0 Å². The normalized spacial score (nSPS) is 11.2. The Morgan fingerprint density at radius 2 is 2.17 bits per heavy atom. The smallest absolute Gasteiger partial charge is 0.471 e. The molecule has 1 N–H and O–H groups in total. The van der Waals surface area contributed by atoms with E-state index in [-0.39, 0.29) is 5.69 Å². The van der Waals surface area contributed by atoms with Crippen LogP contribution < -0.4 is 10.1 Å². The van der Waals surface area contributed by atoms with Gasteiger partial charge in [0.1, 0.15) is 0 Å². The van der Waals surface area contributed by atoms with Crippen molar-refractivity contribution in [3.63, 3.8) is 0 Å².